The highest BCUT2D eigenvalue weighted by Gasteiger charge is 2.21. The average molecular weight is 486 g/mol. The van der Waals surface area contributed by atoms with Gasteiger partial charge in [-0.3, -0.25) is 9.67 Å². The van der Waals surface area contributed by atoms with Crippen LogP contribution in [0.2, 0.25) is 0 Å². The lowest BCUT2D eigenvalue weighted by Crippen LogP contribution is -2.38. The lowest BCUT2D eigenvalue weighted by molar-refractivity contribution is 0.123. The fourth-order valence-electron chi connectivity index (χ4n) is 4.14. The van der Waals surface area contributed by atoms with E-state index in [1.807, 2.05) is 46.4 Å². The third-order valence-corrected chi connectivity index (χ3v) is 6.52. The van der Waals surface area contributed by atoms with Gasteiger partial charge in [-0.05, 0) is 69.9 Å². The standard InChI is InChI=1S/C27H28FN7O/c1-16(34(3)4)17(2)36-24-12-18(19-13-32-35(5)14-19)11-23-25(24)27(31-15-30-23)33-22-9-8-21-20(26(22)28)7-6-10-29-21/h6-17H,1-5H3,(H,30,31,33)/t16-,17-/m1/s1. The molecule has 0 radical (unpaired) electrons. The molecule has 8 nitrogen and oxygen atoms in total. The molecular weight excluding hydrogens is 457 g/mol. The predicted octanol–water partition coefficient (Wildman–Crippen LogP) is 5.18. The van der Waals surface area contributed by atoms with Gasteiger partial charge in [0.15, 0.2) is 5.82 Å². The van der Waals surface area contributed by atoms with Gasteiger partial charge in [0.05, 0.1) is 28.3 Å². The molecule has 0 saturated heterocycles. The Morgan fingerprint density at radius 2 is 1.86 bits per heavy atom. The number of likely N-dealkylation sites (N-methyl/N-ethyl adjacent to an activating group) is 1. The van der Waals surface area contributed by atoms with Gasteiger partial charge in [-0.15, -0.1) is 0 Å². The number of pyridine rings is 1. The zero-order valence-electron chi connectivity index (χ0n) is 20.9. The predicted molar refractivity (Wildman–Crippen MR) is 140 cm³/mol. The van der Waals surface area contributed by atoms with Crippen LogP contribution in [-0.2, 0) is 7.05 Å². The second-order valence-electron chi connectivity index (χ2n) is 9.14. The van der Waals surface area contributed by atoms with Crippen LogP contribution in [0.15, 0.2) is 61.3 Å². The molecule has 0 amide bonds. The van der Waals surface area contributed by atoms with E-state index >= 15 is 4.39 Å². The number of hydrogen-bond donors (Lipinski definition) is 1. The van der Waals surface area contributed by atoms with E-state index in [2.05, 4.69) is 37.2 Å². The summed E-state index contributed by atoms with van der Waals surface area (Å²) in [6.45, 7) is 4.13. The molecule has 0 aliphatic carbocycles. The molecule has 0 aliphatic heterocycles. The Bertz CT molecular complexity index is 1550. The van der Waals surface area contributed by atoms with Gasteiger partial charge in [0.1, 0.15) is 24.0 Å². The van der Waals surface area contributed by atoms with Crippen LogP contribution in [0.25, 0.3) is 32.9 Å². The Morgan fingerprint density at radius 1 is 1.03 bits per heavy atom. The van der Waals surface area contributed by atoms with Gasteiger partial charge in [-0.2, -0.15) is 5.10 Å². The fraction of sp³-hybridized carbons (Fsp3) is 0.259. The number of anilines is 2. The number of nitrogens with zero attached hydrogens (tertiary/aromatic N) is 6. The molecule has 5 rings (SSSR count). The molecule has 0 bridgehead atoms. The van der Waals surface area contributed by atoms with E-state index in [9.17, 15) is 0 Å². The summed E-state index contributed by atoms with van der Waals surface area (Å²) in [4.78, 5) is 15.3. The van der Waals surface area contributed by atoms with Crippen molar-refractivity contribution in [3.63, 3.8) is 0 Å². The summed E-state index contributed by atoms with van der Waals surface area (Å²) in [5.41, 5.74) is 3.43. The fourth-order valence-corrected chi connectivity index (χ4v) is 4.14. The second kappa shape index (κ2) is 9.50. The monoisotopic (exact) mass is 485 g/mol. The molecule has 2 aromatic carbocycles. The Balaban J connectivity index is 1.64. The molecule has 5 aromatic rings. The van der Waals surface area contributed by atoms with E-state index in [1.54, 1.807) is 41.3 Å². The van der Waals surface area contributed by atoms with E-state index < -0.39 is 5.82 Å². The molecule has 0 fully saturated rings. The Hall–Kier alpha value is -4.11. The molecule has 1 N–H and O–H groups in total. The highest BCUT2D eigenvalue weighted by atomic mass is 19.1. The maximum absolute atomic E-state index is 15.4. The lowest BCUT2D eigenvalue weighted by Gasteiger charge is -2.28. The van der Waals surface area contributed by atoms with Gasteiger partial charge < -0.3 is 15.0 Å². The Labute approximate surface area is 208 Å². The van der Waals surface area contributed by atoms with E-state index in [0.717, 1.165) is 11.1 Å². The van der Waals surface area contributed by atoms with Crippen LogP contribution in [0.5, 0.6) is 5.75 Å². The van der Waals surface area contributed by atoms with Crippen molar-refractivity contribution in [1.82, 2.24) is 29.6 Å². The summed E-state index contributed by atoms with van der Waals surface area (Å²) in [6, 6.07) is 10.9. The first kappa shape index (κ1) is 23.6. The topological polar surface area (TPSA) is 81.0 Å². The van der Waals surface area contributed by atoms with Crippen molar-refractivity contribution >= 4 is 33.3 Å². The zero-order chi connectivity index (χ0) is 25.4. The number of aryl methyl sites for hydroxylation is 1. The number of halogens is 1. The summed E-state index contributed by atoms with van der Waals surface area (Å²) >= 11 is 0. The number of rotatable bonds is 7. The van der Waals surface area contributed by atoms with Gasteiger partial charge in [-0.1, -0.05) is 0 Å². The number of benzene rings is 2. The highest BCUT2D eigenvalue weighted by molar-refractivity contribution is 5.99. The van der Waals surface area contributed by atoms with Crippen LogP contribution in [0.3, 0.4) is 0 Å². The van der Waals surface area contributed by atoms with Crippen molar-refractivity contribution in [2.24, 2.45) is 7.05 Å². The molecule has 3 aromatic heterocycles. The molecule has 3 heterocycles. The van der Waals surface area contributed by atoms with Gasteiger partial charge in [0.2, 0.25) is 0 Å². The van der Waals surface area contributed by atoms with Crippen molar-refractivity contribution in [1.29, 1.82) is 0 Å². The maximum atomic E-state index is 15.4. The first-order chi connectivity index (χ1) is 17.3. The number of ether oxygens (including phenoxy) is 1. The van der Waals surface area contributed by atoms with Crippen molar-refractivity contribution < 1.29 is 9.13 Å². The van der Waals surface area contributed by atoms with Crippen LogP contribution in [0.4, 0.5) is 15.9 Å². The van der Waals surface area contributed by atoms with Gasteiger partial charge in [-0.25, -0.2) is 14.4 Å². The largest absolute Gasteiger partial charge is 0.488 e. The van der Waals surface area contributed by atoms with E-state index in [1.165, 1.54) is 6.33 Å². The SMILES string of the molecule is C[C@H]([C@@H](C)Oc1cc(-c2cnn(C)c2)cc2ncnc(Nc3ccc4ncccc4c3F)c12)N(C)C. The van der Waals surface area contributed by atoms with Crippen LogP contribution in [0.1, 0.15) is 13.8 Å². The minimum Gasteiger partial charge on any atom is -0.488 e. The van der Waals surface area contributed by atoms with Crippen LogP contribution in [0, 0.1) is 5.82 Å². The summed E-state index contributed by atoms with van der Waals surface area (Å²) < 4.78 is 23.6. The molecule has 0 aliphatic rings. The van der Waals surface area contributed by atoms with Crippen molar-refractivity contribution in [3.05, 3.63) is 67.1 Å². The first-order valence-corrected chi connectivity index (χ1v) is 11.7. The van der Waals surface area contributed by atoms with E-state index in [0.29, 0.717) is 39.1 Å². The minimum absolute atomic E-state index is 0.135. The van der Waals surface area contributed by atoms with E-state index in [-0.39, 0.29) is 12.1 Å². The molecule has 9 heteroatoms. The summed E-state index contributed by atoms with van der Waals surface area (Å²) in [5, 5.41) is 8.59. The second-order valence-corrected chi connectivity index (χ2v) is 9.14. The Morgan fingerprint density at radius 3 is 2.61 bits per heavy atom. The normalized spacial score (nSPS) is 13.3. The number of nitrogens with one attached hydrogen (secondary N) is 1. The highest BCUT2D eigenvalue weighted by Crippen LogP contribution is 2.37. The third-order valence-electron chi connectivity index (χ3n) is 6.52. The number of aromatic nitrogens is 5. The van der Waals surface area contributed by atoms with Crippen LogP contribution >= 0.6 is 0 Å². The summed E-state index contributed by atoms with van der Waals surface area (Å²) in [7, 11) is 5.91. The Kier molecular flexibility index (Phi) is 6.24. The number of fused-ring (bicyclic) bond motifs is 2. The van der Waals surface area contributed by atoms with Crippen molar-refractivity contribution in [2.45, 2.75) is 26.0 Å². The lowest BCUT2D eigenvalue weighted by atomic mass is 10.1. The van der Waals surface area contributed by atoms with Gasteiger partial charge >= 0.3 is 0 Å². The maximum Gasteiger partial charge on any atom is 0.156 e. The number of hydrogen-bond acceptors (Lipinski definition) is 7. The molecule has 184 valence electrons. The van der Waals surface area contributed by atoms with Crippen molar-refractivity contribution in [2.75, 3.05) is 19.4 Å². The quantitative estimate of drug-likeness (QED) is 0.340. The molecule has 0 saturated carbocycles. The van der Waals surface area contributed by atoms with Gasteiger partial charge in [0.25, 0.3) is 0 Å². The van der Waals surface area contributed by atoms with Crippen molar-refractivity contribution in [3.8, 4) is 16.9 Å². The molecular formula is C27H28FN7O. The summed E-state index contributed by atoms with van der Waals surface area (Å²) in [6.07, 6.45) is 6.72. The smallest absolute Gasteiger partial charge is 0.156 e. The minimum atomic E-state index is -0.392. The third kappa shape index (κ3) is 4.45. The van der Waals surface area contributed by atoms with Gasteiger partial charge in [0, 0.05) is 36.4 Å². The van der Waals surface area contributed by atoms with Crippen LogP contribution in [-0.4, -0.2) is 55.9 Å². The average Bonchev–Trinajstić information content (AvgIpc) is 3.31. The van der Waals surface area contributed by atoms with E-state index in [4.69, 9.17) is 4.74 Å². The molecule has 36 heavy (non-hydrogen) atoms. The first-order valence-electron chi connectivity index (χ1n) is 11.7. The molecule has 0 unspecified atom stereocenters. The molecule has 2 atom stereocenters. The molecule has 0 spiro atoms. The zero-order valence-corrected chi connectivity index (χ0v) is 20.9. The van der Waals surface area contributed by atoms with Crippen LogP contribution < -0.4 is 10.1 Å². The summed E-state index contributed by atoms with van der Waals surface area (Å²) in [5.74, 6) is 0.675.